The third kappa shape index (κ3) is 5.58. The summed E-state index contributed by atoms with van der Waals surface area (Å²) in [5.41, 5.74) is -0.280. The van der Waals surface area contributed by atoms with E-state index in [4.69, 9.17) is 5.11 Å². The van der Waals surface area contributed by atoms with Crippen LogP contribution in [0.5, 0.6) is 0 Å². The van der Waals surface area contributed by atoms with E-state index in [1.165, 1.54) is 42.5 Å². The molecule has 9 heteroatoms. The lowest BCUT2D eigenvalue weighted by molar-refractivity contribution is 0.0145. The van der Waals surface area contributed by atoms with E-state index in [1.807, 2.05) is 0 Å². The van der Waals surface area contributed by atoms with Crippen LogP contribution in [0, 0.1) is 0 Å². The average Bonchev–Trinajstić information content (AvgIpc) is 2.61. The number of rotatable bonds is 7. The van der Waals surface area contributed by atoms with Crippen molar-refractivity contribution in [2.24, 2.45) is 0 Å². The Balaban J connectivity index is 1.95. The van der Waals surface area contributed by atoms with Crippen molar-refractivity contribution in [1.82, 2.24) is 5.32 Å². The predicted octanol–water partition coefficient (Wildman–Crippen LogP) is 3.43. The van der Waals surface area contributed by atoms with Gasteiger partial charge in [0.25, 0.3) is 5.92 Å². The molecule has 0 saturated heterocycles. The van der Waals surface area contributed by atoms with Gasteiger partial charge in [-0.15, -0.1) is 0 Å². The Hall–Kier alpha value is -2.81. The summed E-state index contributed by atoms with van der Waals surface area (Å²) in [4.78, 5) is 23.0. The fourth-order valence-corrected chi connectivity index (χ4v) is 3.57. The molecule has 0 aromatic heterocycles. The highest BCUT2D eigenvalue weighted by molar-refractivity contribution is 7.85. The van der Waals surface area contributed by atoms with Gasteiger partial charge in [0.15, 0.2) is 0 Å². The molecule has 0 saturated carbocycles. The molecule has 0 aliphatic rings. The van der Waals surface area contributed by atoms with Crippen LogP contribution in [-0.4, -0.2) is 33.6 Å². The number of urea groups is 1. The zero-order valence-electron chi connectivity index (χ0n) is 14.4. The molecular weight excluding hydrogens is 378 g/mol. The van der Waals surface area contributed by atoms with Crippen molar-refractivity contribution < 1.29 is 27.7 Å². The molecule has 0 radical (unpaired) electrons. The highest BCUT2D eigenvalue weighted by Crippen LogP contribution is 2.31. The molecule has 3 N–H and O–H groups in total. The summed E-state index contributed by atoms with van der Waals surface area (Å²) < 4.78 is 39.5. The minimum Gasteiger partial charge on any atom is -0.478 e. The molecule has 2 amide bonds. The number of amides is 2. The number of hydrogen-bond acceptors (Lipinski definition) is 3. The highest BCUT2D eigenvalue weighted by Gasteiger charge is 2.29. The lowest BCUT2D eigenvalue weighted by Crippen LogP contribution is -2.32. The summed E-state index contributed by atoms with van der Waals surface area (Å²) in [5.74, 6) is -4.39. The van der Waals surface area contributed by atoms with Gasteiger partial charge in [-0.05, 0) is 18.2 Å². The number of anilines is 1. The van der Waals surface area contributed by atoms with E-state index in [9.17, 15) is 22.6 Å². The number of nitrogens with one attached hydrogen (secondary N) is 2. The molecule has 1 atom stereocenters. The summed E-state index contributed by atoms with van der Waals surface area (Å²) in [6.07, 6.45) is 0. The maximum absolute atomic E-state index is 13.6. The van der Waals surface area contributed by atoms with Gasteiger partial charge in [-0.25, -0.2) is 18.4 Å². The number of carboxylic acids is 1. The van der Waals surface area contributed by atoms with Crippen LogP contribution in [0.25, 0.3) is 0 Å². The predicted molar refractivity (Wildman–Crippen MR) is 97.7 cm³/mol. The minimum absolute atomic E-state index is 0.0171. The molecule has 0 aliphatic heterocycles. The van der Waals surface area contributed by atoms with Gasteiger partial charge >= 0.3 is 12.0 Å². The first-order valence-corrected chi connectivity index (χ1v) is 9.25. The maximum atomic E-state index is 13.6. The van der Waals surface area contributed by atoms with Gasteiger partial charge in [0, 0.05) is 29.7 Å². The zero-order valence-corrected chi connectivity index (χ0v) is 15.2. The summed E-state index contributed by atoms with van der Waals surface area (Å²) in [6.45, 7) is 0.686. The molecule has 1 unspecified atom stereocenters. The molecule has 0 bridgehead atoms. The van der Waals surface area contributed by atoms with E-state index in [0.29, 0.717) is 0 Å². The number of aromatic carboxylic acids is 1. The summed E-state index contributed by atoms with van der Waals surface area (Å²) in [7, 11) is -1.73. The molecule has 2 aromatic rings. The van der Waals surface area contributed by atoms with Crippen LogP contribution in [0.4, 0.5) is 19.3 Å². The Labute approximate surface area is 157 Å². The normalized spacial score (nSPS) is 12.3. The summed E-state index contributed by atoms with van der Waals surface area (Å²) >= 11 is 0. The average molecular weight is 396 g/mol. The topological polar surface area (TPSA) is 95.5 Å². The molecule has 0 spiro atoms. The lowest BCUT2D eigenvalue weighted by atomic mass is 10.1. The van der Waals surface area contributed by atoms with Gasteiger partial charge in [-0.1, -0.05) is 30.3 Å². The SMILES string of the molecule is CC(F)(F)c1ccccc1S(=O)CCNC(=O)Nc1ccccc1C(=O)O. The third-order valence-electron chi connectivity index (χ3n) is 3.58. The van der Waals surface area contributed by atoms with Crippen LogP contribution >= 0.6 is 0 Å². The van der Waals surface area contributed by atoms with Crippen LogP contribution in [-0.2, 0) is 16.7 Å². The standard InChI is InChI=1S/C18H18F2N2O4S/c1-18(19,20)13-7-3-5-9-15(13)27(26)11-10-21-17(25)22-14-8-4-2-6-12(14)16(23)24/h2-9H,10-11H2,1H3,(H,23,24)(H2,21,22,25). The van der Waals surface area contributed by atoms with Crippen LogP contribution in [0.3, 0.4) is 0 Å². The quantitative estimate of drug-likeness (QED) is 0.668. The number of halogens is 2. The Morgan fingerprint density at radius 2 is 1.74 bits per heavy atom. The number of carbonyl (C=O) groups is 2. The molecule has 2 aromatic carbocycles. The first-order valence-electron chi connectivity index (χ1n) is 7.93. The zero-order chi connectivity index (χ0) is 20.0. The molecule has 2 rings (SSSR count). The maximum Gasteiger partial charge on any atom is 0.337 e. The van der Waals surface area contributed by atoms with Crippen molar-refractivity contribution in [3.63, 3.8) is 0 Å². The van der Waals surface area contributed by atoms with Gasteiger partial charge in [0.1, 0.15) is 0 Å². The molecule has 0 fully saturated rings. The smallest absolute Gasteiger partial charge is 0.337 e. The Kier molecular flexibility index (Phi) is 6.62. The Morgan fingerprint density at radius 3 is 2.41 bits per heavy atom. The highest BCUT2D eigenvalue weighted by atomic mass is 32.2. The van der Waals surface area contributed by atoms with E-state index in [-0.39, 0.29) is 34.0 Å². The molecule has 144 valence electrons. The lowest BCUT2D eigenvalue weighted by Gasteiger charge is -2.15. The largest absolute Gasteiger partial charge is 0.478 e. The molecule has 6 nitrogen and oxygen atoms in total. The van der Waals surface area contributed by atoms with E-state index in [2.05, 4.69) is 10.6 Å². The minimum atomic E-state index is -3.13. The van der Waals surface area contributed by atoms with Crippen molar-refractivity contribution in [2.75, 3.05) is 17.6 Å². The van der Waals surface area contributed by atoms with Crippen molar-refractivity contribution in [3.8, 4) is 0 Å². The molecule has 0 heterocycles. The first kappa shape index (κ1) is 20.5. The van der Waals surface area contributed by atoms with Crippen molar-refractivity contribution >= 4 is 28.5 Å². The number of carbonyl (C=O) groups excluding carboxylic acids is 1. The van der Waals surface area contributed by atoms with E-state index < -0.39 is 28.7 Å². The van der Waals surface area contributed by atoms with Gasteiger partial charge < -0.3 is 15.7 Å². The third-order valence-corrected chi connectivity index (χ3v) is 5.01. The van der Waals surface area contributed by atoms with Crippen LogP contribution < -0.4 is 10.6 Å². The summed E-state index contributed by atoms with van der Waals surface area (Å²) in [5, 5.41) is 13.9. The number of para-hydroxylation sites is 1. The summed E-state index contributed by atoms with van der Waals surface area (Å²) in [6, 6.07) is 10.7. The van der Waals surface area contributed by atoms with Crippen molar-refractivity contribution in [3.05, 3.63) is 59.7 Å². The van der Waals surface area contributed by atoms with Gasteiger partial charge in [-0.3, -0.25) is 4.21 Å². The van der Waals surface area contributed by atoms with Gasteiger partial charge in [0.05, 0.1) is 22.1 Å². The second-order valence-electron chi connectivity index (χ2n) is 5.67. The fraction of sp³-hybridized carbons (Fsp3) is 0.222. The van der Waals surface area contributed by atoms with E-state index >= 15 is 0 Å². The van der Waals surface area contributed by atoms with Crippen molar-refractivity contribution in [1.29, 1.82) is 0 Å². The van der Waals surface area contributed by atoms with Crippen LogP contribution in [0.15, 0.2) is 53.4 Å². The second kappa shape index (κ2) is 8.72. The molecular formula is C18H18F2N2O4S. The second-order valence-corrected chi connectivity index (χ2v) is 7.20. The van der Waals surface area contributed by atoms with E-state index in [1.54, 1.807) is 6.07 Å². The van der Waals surface area contributed by atoms with Crippen LogP contribution in [0.1, 0.15) is 22.8 Å². The van der Waals surface area contributed by atoms with E-state index in [0.717, 1.165) is 6.92 Å². The number of carboxylic acid groups (broad SMARTS) is 1. The number of benzene rings is 2. The molecule has 27 heavy (non-hydrogen) atoms. The first-order chi connectivity index (χ1) is 12.7. The Bertz CT molecular complexity index is 868. The van der Waals surface area contributed by atoms with Gasteiger partial charge in [0.2, 0.25) is 0 Å². The van der Waals surface area contributed by atoms with Crippen molar-refractivity contribution in [2.45, 2.75) is 17.7 Å². The van der Waals surface area contributed by atoms with Gasteiger partial charge in [-0.2, -0.15) is 0 Å². The number of alkyl halides is 2. The van der Waals surface area contributed by atoms with Crippen LogP contribution in [0.2, 0.25) is 0 Å². The fourth-order valence-electron chi connectivity index (χ4n) is 2.34. The number of hydrogen-bond donors (Lipinski definition) is 3. The monoisotopic (exact) mass is 396 g/mol. The Morgan fingerprint density at radius 1 is 1.11 bits per heavy atom. The molecule has 0 aliphatic carbocycles.